The van der Waals surface area contributed by atoms with Crippen LogP contribution in [-0.2, 0) is 6.42 Å². The fourth-order valence-electron chi connectivity index (χ4n) is 3.18. The van der Waals surface area contributed by atoms with E-state index in [9.17, 15) is 4.39 Å². The summed E-state index contributed by atoms with van der Waals surface area (Å²) in [7, 11) is 0. The van der Waals surface area contributed by atoms with Crippen LogP contribution >= 0.6 is 0 Å². The molecule has 1 N–H and O–H groups in total. The van der Waals surface area contributed by atoms with Gasteiger partial charge in [0.2, 0.25) is 0 Å². The molecule has 0 amide bonds. The number of halogens is 1. The van der Waals surface area contributed by atoms with Gasteiger partial charge in [-0.15, -0.1) is 0 Å². The van der Waals surface area contributed by atoms with Crippen molar-refractivity contribution in [3.05, 3.63) is 29.6 Å². The van der Waals surface area contributed by atoms with Crippen molar-refractivity contribution in [3.63, 3.8) is 0 Å². The molecule has 0 bridgehead atoms. The molecule has 1 atom stereocenters. The van der Waals surface area contributed by atoms with Crippen molar-refractivity contribution in [2.45, 2.75) is 44.6 Å². The van der Waals surface area contributed by atoms with E-state index in [0.29, 0.717) is 6.04 Å². The zero-order chi connectivity index (χ0) is 11.0. The summed E-state index contributed by atoms with van der Waals surface area (Å²) in [5.74, 6) is 0.689. The van der Waals surface area contributed by atoms with E-state index in [1.165, 1.54) is 32.1 Å². The first kappa shape index (κ1) is 10.1. The molecule has 1 aliphatic carbocycles. The third-order valence-electron chi connectivity index (χ3n) is 4.07. The third kappa shape index (κ3) is 1.81. The van der Waals surface area contributed by atoms with Crippen LogP contribution in [0.2, 0.25) is 0 Å². The first-order valence-corrected chi connectivity index (χ1v) is 6.38. The van der Waals surface area contributed by atoms with Crippen molar-refractivity contribution in [1.82, 2.24) is 0 Å². The molecule has 16 heavy (non-hydrogen) atoms. The van der Waals surface area contributed by atoms with Gasteiger partial charge in [-0.05, 0) is 48.9 Å². The molecule has 1 unspecified atom stereocenters. The molecule has 1 aromatic carbocycles. The molecule has 1 saturated carbocycles. The van der Waals surface area contributed by atoms with Gasteiger partial charge in [-0.1, -0.05) is 19.3 Å². The minimum Gasteiger partial charge on any atom is -0.381 e. The van der Waals surface area contributed by atoms with Gasteiger partial charge in [-0.2, -0.15) is 0 Å². The first-order chi connectivity index (χ1) is 7.83. The van der Waals surface area contributed by atoms with Crippen LogP contribution in [0, 0.1) is 11.7 Å². The molecule has 0 radical (unpaired) electrons. The van der Waals surface area contributed by atoms with E-state index in [1.807, 2.05) is 6.07 Å². The SMILES string of the molecule is Fc1ccc2c(c1)CC(C1CCCCC1)N2. The molecule has 1 nitrogen and oxygen atoms in total. The van der Waals surface area contributed by atoms with Gasteiger partial charge >= 0.3 is 0 Å². The second-order valence-corrected chi connectivity index (χ2v) is 5.15. The quantitative estimate of drug-likeness (QED) is 0.758. The average Bonchev–Trinajstić information content (AvgIpc) is 2.73. The summed E-state index contributed by atoms with van der Waals surface area (Å²) < 4.78 is 13.1. The Balaban J connectivity index is 1.74. The molecule has 1 fully saturated rings. The highest BCUT2D eigenvalue weighted by molar-refractivity contribution is 5.57. The number of fused-ring (bicyclic) bond motifs is 1. The largest absolute Gasteiger partial charge is 0.381 e. The van der Waals surface area contributed by atoms with Gasteiger partial charge in [-0.25, -0.2) is 4.39 Å². The Hall–Kier alpha value is -1.05. The van der Waals surface area contributed by atoms with E-state index in [-0.39, 0.29) is 5.82 Å². The zero-order valence-electron chi connectivity index (χ0n) is 9.51. The van der Waals surface area contributed by atoms with Gasteiger partial charge in [0.1, 0.15) is 5.82 Å². The summed E-state index contributed by atoms with van der Waals surface area (Å²) in [6.45, 7) is 0. The molecule has 1 aliphatic heterocycles. The Morgan fingerprint density at radius 1 is 1.12 bits per heavy atom. The van der Waals surface area contributed by atoms with E-state index in [2.05, 4.69) is 5.32 Å². The lowest BCUT2D eigenvalue weighted by Gasteiger charge is -2.27. The van der Waals surface area contributed by atoms with Crippen LogP contribution in [0.5, 0.6) is 0 Å². The summed E-state index contributed by atoms with van der Waals surface area (Å²) in [6, 6.07) is 5.67. The number of anilines is 1. The van der Waals surface area contributed by atoms with E-state index >= 15 is 0 Å². The molecule has 86 valence electrons. The minimum atomic E-state index is -0.107. The predicted octanol–water partition coefficient (Wildman–Crippen LogP) is 3.74. The molecule has 2 heteroatoms. The summed E-state index contributed by atoms with van der Waals surface area (Å²) in [5, 5.41) is 3.56. The van der Waals surface area contributed by atoms with Crippen molar-refractivity contribution in [1.29, 1.82) is 0 Å². The topological polar surface area (TPSA) is 12.0 Å². The second kappa shape index (κ2) is 4.08. The molecule has 1 heterocycles. The van der Waals surface area contributed by atoms with Gasteiger partial charge in [0.25, 0.3) is 0 Å². The number of rotatable bonds is 1. The van der Waals surface area contributed by atoms with Crippen LogP contribution in [0.4, 0.5) is 10.1 Å². The number of nitrogens with one attached hydrogen (secondary N) is 1. The maximum absolute atomic E-state index is 13.1. The number of benzene rings is 1. The summed E-state index contributed by atoms with van der Waals surface area (Å²) in [4.78, 5) is 0. The smallest absolute Gasteiger partial charge is 0.123 e. The van der Waals surface area contributed by atoms with E-state index < -0.39 is 0 Å². The molecular formula is C14H18FN. The summed E-state index contributed by atoms with van der Waals surface area (Å²) in [5.41, 5.74) is 2.31. The lowest BCUT2D eigenvalue weighted by atomic mass is 9.83. The van der Waals surface area contributed by atoms with Crippen molar-refractivity contribution in [2.24, 2.45) is 5.92 Å². The monoisotopic (exact) mass is 219 g/mol. The lowest BCUT2D eigenvalue weighted by Crippen LogP contribution is -2.28. The molecule has 2 aliphatic rings. The Labute approximate surface area is 96.1 Å². The molecule has 3 rings (SSSR count). The number of hydrogen-bond acceptors (Lipinski definition) is 1. The van der Waals surface area contributed by atoms with Crippen molar-refractivity contribution >= 4 is 5.69 Å². The lowest BCUT2D eigenvalue weighted by molar-refractivity contribution is 0.321. The Morgan fingerprint density at radius 3 is 2.75 bits per heavy atom. The fourth-order valence-corrected chi connectivity index (χ4v) is 3.18. The van der Waals surface area contributed by atoms with Crippen LogP contribution in [0.25, 0.3) is 0 Å². The maximum atomic E-state index is 13.1. The molecular weight excluding hydrogens is 201 g/mol. The highest BCUT2D eigenvalue weighted by Gasteiger charge is 2.29. The van der Waals surface area contributed by atoms with E-state index in [1.54, 1.807) is 12.1 Å². The predicted molar refractivity (Wildman–Crippen MR) is 64.1 cm³/mol. The Morgan fingerprint density at radius 2 is 1.94 bits per heavy atom. The fraction of sp³-hybridized carbons (Fsp3) is 0.571. The van der Waals surface area contributed by atoms with E-state index in [0.717, 1.165) is 23.6 Å². The molecule has 0 aromatic heterocycles. The van der Waals surface area contributed by atoms with Crippen LogP contribution in [0.15, 0.2) is 18.2 Å². The van der Waals surface area contributed by atoms with Crippen LogP contribution in [-0.4, -0.2) is 6.04 Å². The van der Waals surface area contributed by atoms with E-state index in [4.69, 9.17) is 0 Å². The molecule has 1 aromatic rings. The van der Waals surface area contributed by atoms with Crippen LogP contribution in [0.3, 0.4) is 0 Å². The third-order valence-corrected chi connectivity index (χ3v) is 4.07. The van der Waals surface area contributed by atoms with Gasteiger partial charge < -0.3 is 5.32 Å². The standard InChI is InChI=1S/C14H18FN/c15-12-6-7-13-11(8-12)9-14(16-13)10-4-2-1-3-5-10/h6-8,10,14,16H,1-5,9H2. The van der Waals surface area contributed by atoms with Crippen molar-refractivity contribution in [3.8, 4) is 0 Å². The number of hydrogen-bond donors (Lipinski definition) is 1. The maximum Gasteiger partial charge on any atom is 0.123 e. The molecule has 0 saturated heterocycles. The van der Waals surface area contributed by atoms with Crippen molar-refractivity contribution in [2.75, 3.05) is 5.32 Å². The van der Waals surface area contributed by atoms with Crippen LogP contribution < -0.4 is 5.32 Å². The first-order valence-electron chi connectivity index (χ1n) is 6.38. The zero-order valence-corrected chi connectivity index (χ0v) is 9.51. The minimum absolute atomic E-state index is 0.107. The van der Waals surface area contributed by atoms with Gasteiger partial charge in [0.05, 0.1) is 0 Å². The second-order valence-electron chi connectivity index (χ2n) is 5.15. The normalized spacial score (nSPS) is 25.2. The molecule has 0 spiro atoms. The van der Waals surface area contributed by atoms with Gasteiger partial charge in [-0.3, -0.25) is 0 Å². The summed E-state index contributed by atoms with van der Waals surface area (Å²) in [6.07, 6.45) is 7.83. The average molecular weight is 219 g/mol. The van der Waals surface area contributed by atoms with Crippen molar-refractivity contribution < 1.29 is 4.39 Å². The Bertz CT molecular complexity index is 382. The van der Waals surface area contributed by atoms with Gasteiger partial charge in [0, 0.05) is 11.7 Å². The summed E-state index contributed by atoms with van der Waals surface area (Å²) >= 11 is 0. The van der Waals surface area contributed by atoms with Gasteiger partial charge in [0.15, 0.2) is 0 Å². The highest BCUT2D eigenvalue weighted by atomic mass is 19.1. The highest BCUT2D eigenvalue weighted by Crippen LogP contribution is 2.35. The Kier molecular flexibility index (Phi) is 2.58. The van der Waals surface area contributed by atoms with Crippen LogP contribution in [0.1, 0.15) is 37.7 Å².